The van der Waals surface area contributed by atoms with Crippen molar-refractivity contribution in [2.75, 3.05) is 0 Å². The summed E-state index contributed by atoms with van der Waals surface area (Å²) in [7, 11) is 0. The van der Waals surface area contributed by atoms with Crippen LogP contribution in [0.1, 0.15) is 59.2 Å². The van der Waals surface area contributed by atoms with Crippen molar-refractivity contribution in [3.63, 3.8) is 0 Å². The van der Waals surface area contributed by atoms with E-state index < -0.39 is 11.6 Å². The van der Waals surface area contributed by atoms with Gasteiger partial charge in [0.1, 0.15) is 6.61 Å². The average molecular weight is 452 g/mol. The van der Waals surface area contributed by atoms with E-state index >= 15 is 0 Å². The van der Waals surface area contributed by atoms with Gasteiger partial charge in [0.15, 0.2) is 5.60 Å². The fourth-order valence-electron chi connectivity index (χ4n) is 5.59. The summed E-state index contributed by atoms with van der Waals surface area (Å²) in [5.74, 6) is -0.731. The molecule has 2 aromatic heterocycles. The van der Waals surface area contributed by atoms with Crippen LogP contribution in [-0.4, -0.2) is 20.6 Å². The van der Waals surface area contributed by atoms with E-state index in [1.165, 1.54) is 5.56 Å². The minimum Gasteiger partial charge on any atom is -0.458 e. The number of aryl methyl sites for hydroxylation is 1. The summed E-state index contributed by atoms with van der Waals surface area (Å²) in [5, 5.41) is 12.7. The molecule has 2 atom stereocenters. The number of halogens is 1. The molecular weight excluding hydrogens is 430 g/mol. The summed E-state index contributed by atoms with van der Waals surface area (Å²) in [5.41, 5.74) is 11.2. The standard InChI is InChI=1S/C24H22ClN3O4/c1-3-24(31)14-6-18-21-12(8-28(18)22(29)13(14)9-32-23(24)30)19-16(26)5-4-11-10(2)15(25)7-17(27-21)20(11)19/h6-7,16,31H,3-5,8-9,26H2,1-2H3/t16-,24-/m0/s1. The van der Waals surface area contributed by atoms with Crippen molar-refractivity contribution < 1.29 is 14.6 Å². The van der Waals surface area contributed by atoms with E-state index in [0.29, 0.717) is 34.1 Å². The molecule has 3 aromatic rings. The third kappa shape index (κ3) is 2.31. The van der Waals surface area contributed by atoms with E-state index in [0.717, 1.165) is 40.4 Å². The maximum Gasteiger partial charge on any atom is 0.343 e. The van der Waals surface area contributed by atoms with Crippen molar-refractivity contribution in [1.29, 1.82) is 0 Å². The van der Waals surface area contributed by atoms with Crippen LogP contribution in [0.2, 0.25) is 5.02 Å². The van der Waals surface area contributed by atoms with Crippen LogP contribution in [0, 0.1) is 6.92 Å². The topological polar surface area (TPSA) is 107 Å². The first-order valence-corrected chi connectivity index (χ1v) is 11.2. The summed E-state index contributed by atoms with van der Waals surface area (Å²) < 4.78 is 6.80. The number of benzene rings is 1. The SMILES string of the molecule is CC[C@@]1(O)C(=O)OCc2c1cc1n(c2=O)Cc2c-1nc1cc(Cl)c(C)c3c1c2[C@@H](N)CC3. The fraction of sp³-hybridized carbons (Fsp3) is 0.375. The minimum absolute atomic E-state index is 0.105. The monoisotopic (exact) mass is 451 g/mol. The highest BCUT2D eigenvalue weighted by Gasteiger charge is 2.45. The normalized spacial score (nSPS) is 23.0. The number of fused-ring (bicyclic) bond motifs is 5. The molecule has 2 aliphatic heterocycles. The zero-order valence-corrected chi connectivity index (χ0v) is 18.5. The first kappa shape index (κ1) is 19.9. The van der Waals surface area contributed by atoms with Gasteiger partial charge in [-0.3, -0.25) is 4.79 Å². The van der Waals surface area contributed by atoms with Crippen LogP contribution in [0.15, 0.2) is 16.9 Å². The number of hydrogen-bond donors (Lipinski definition) is 2. The van der Waals surface area contributed by atoms with Crippen molar-refractivity contribution in [3.8, 4) is 11.4 Å². The van der Waals surface area contributed by atoms with Crippen molar-refractivity contribution in [1.82, 2.24) is 9.55 Å². The smallest absolute Gasteiger partial charge is 0.343 e. The van der Waals surface area contributed by atoms with Gasteiger partial charge in [-0.2, -0.15) is 0 Å². The molecule has 0 saturated heterocycles. The van der Waals surface area contributed by atoms with E-state index in [1.807, 2.05) is 13.0 Å². The van der Waals surface area contributed by atoms with Crippen LogP contribution in [0.25, 0.3) is 22.3 Å². The summed E-state index contributed by atoms with van der Waals surface area (Å²) in [6.07, 6.45) is 1.73. The van der Waals surface area contributed by atoms with Gasteiger partial charge in [-0.1, -0.05) is 18.5 Å². The van der Waals surface area contributed by atoms with Crippen molar-refractivity contribution in [2.24, 2.45) is 5.73 Å². The molecule has 0 fully saturated rings. The summed E-state index contributed by atoms with van der Waals surface area (Å²) in [4.78, 5) is 30.7. The summed E-state index contributed by atoms with van der Waals surface area (Å²) in [6.45, 7) is 3.91. The fourth-order valence-corrected chi connectivity index (χ4v) is 5.81. The van der Waals surface area contributed by atoms with Gasteiger partial charge in [-0.05, 0) is 55.0 Å². The van der Waals surface area contributed by atoms with E-state index in [2.05, 4.69) is 0 Å². The molecule has 7 nitrogen and oxygen atoms in total. The molecule has 0 bridgehead atoms. The molecule has 6 rings (SSSR count). The van der Waals surface area contributed by atoms with Crippen LogP contribution in [-0.2, 0) is 34.7 Å². The Morgan fingerprint density at radius 3 is 2.84 bits per heavy atom. The number of carbonyl (C=O) groups excluding carboxylic acids is 1. The van der Waals surface area contributed by atoms with Gasteiger partial charge in [0.25, 0.3) is 5.56 Å². The summed E-state index contributed by atoms with van der Waals surface area (Å²) in [6, 6.07) is 3.42. The number of hydrogen-bond acceptors (Lipinski definition) is 6. The van der Waals surface area contributed by atoms with E-state index in [1.54, 1.807) is 17.6 Å². The molecule has 1 aliphatic carbocycles. The lowest BCUT2D eigenvalue weighted by atomic mass is 9.82. The van der Waals surface area contributed by atoms with Crippen LogP contribution in [0.4, 0.5) is 0 Å². The highest BCUT2D eigenvalue weighted by Crippen LogP contribution is 2.45. The van der Waals surface area contributed by atoms with Gasteiger partial charge in [0.2, 0.25) is 0 Å². The molecular formula is C24H22ClN3O4. The van der Waals surface area contributed by atoms with E-state index in [-0.39, 0.29) is 24.6 Å². The van der Waals surface area contributed by atoms with Gasteiger partial charge < -0.3 is 20.1 Å². The van der Waals surface area contributed by atoms with Gasteiger partial charge in [-0.15, -0.1) is 0 Å². The molecule has 4 heterocycles. The molecule has 3 aliphatic rings. The lowest BCUT2D eigenvalue weighted by Crippen LogP contribution is -2.44. The Kier molecular flexibility index (Phi) is 3.98. The third-order valence-corrected chi connectivity index (χ3v) is 7.82. The average Bonchev–Trinajstić information content (AvgIpc) is 3.14. The molecule has 164 valence electrons. The number of aromatic nitrogens is 2. The number of esters is 1. The first-order valence-electron chi connectivity index (χ1n) is 10.8. The maximum absolute atomic E-state index is 13.4. The zero-order chi connectivity index (χ0) is 22.5. The molecule has 1 aromatic carbocycles. The number of nitrogens with zero attached hydrogens (tertiary/aromatic N) is 2. The predicted octanol–water partition coefficient (Wildman–Crippen LogP) is 2.99. The Morgan fingerprint density at radius 1 is 1.31 bits per heavy atom. The first-order chi connectivity index (χ1) is 15.3. The van der Waals surface area contributed by atoms with Crippen LogP contribution < -0.4 is 11.3 Å². The third-order valence-electron chi connectivity index (χ3n) is 7.42. The Bertz CT molecular complexity index is 1440. The highest BCUT2D eigenvalue weighted by molar-refractivity contribution is 6.32. The molecule has 0 amide bonds. The van der Waals surface area contributed by atoms with E-state index in [4.69, 9.17) is 27.1 Å². The number of aliphatic hydroxyl groups is 1. The van der Waals surface area contributed by atoms with Gasteiger partial charge in [0, 0.05) is 27.6 Å². The van der Waals surface area contributed by atoms with Gasteiger partial charge in [0.05, 0.1) is 29.0 Å². The lowest BCUT2D eigenvalue weighted by molar-refractivity contribution is -0.172. The lowest BCUT2D eigenvalue weighted by Gasteiger charge is -2.31. The number of cyclic esters (lactones) is 1. The molecule has 32 heavy (non-hydrogen) atoms. The van der Waals surface area contributed by atoms with Crippen molar-refractivity contribution in [2.45, 2.75) is 57.9 Å². The molecule has 8 heteroatoms. The highest BCUT2D eigenvalue weighted by atomic mass is 35.5. The Balaban J connectivity index is 1.70. The van der Waals surface area contributed by atoms with Crippen molar-refractivity contribution >= 4 is 28.5 Å². The van der Waals surface area contributed by atoms with Gasteiger partial charge in [-0.25, -0.2) is 9.78 Å². The number of carbonyl (C=O) groups is 1. The number of ether oxygens (including phenoxy) is 1. The number of nitrogens with two attached hydrogens (primary N) is 1. The molecule has 0 saturated carbocycles. The largest absolute Gasteiger partial charge is 0.458 e. The molecule has 0 radical (unpaired) electrons. The van der Waals surface area contributed by atoms with Crippen molar-refractivity contribution in [3.05, 3.63) is 60.9 Å². The second kappa shape index (κ2) is 6.41. The summed E-state index contributed by atoms with van der Waals surface area (Å²) >= 11 is 6.52. The quantitative estimate of drug-likeness (QED) is 0.431. The second-order valence-corrected chi connectivity index (χ2v) is 9.36. The molecule has 0 unspecified atom stereocenters. The number of pyridine rings is 2. The predicted molar refractivity (Wildman–Crippen MR) is 120 cm³/mol. The minimum atomic E-state index is -1.85. The Hall–Kier alpha value is -2.74. The maximum atomic E-state index is 13.4. The molecule has 0 spiro atoms. The van der Waals surface area contributed by atoms with Gasteiger partial charge >= 0.3 is 5.97 Å². The second-order valence-electron chi connectivity index (χ2n) is 8.96. The Morgan fingerprint density at radius 2 is 2.09 bits per heavy atom. The molecule has 3 N–H and O–H groups in total. The van der Waals surface area contributed by atoms with Crippen LogP contribution in [0.5, 0.6) is 0 Å². The zero-order valence-electron chi connectivity index (χ0n) is 17.8. The Labute approximate surface area is 188 Å². The van der Waals surface area contributed by atoms with E-state index in [9.17, 15) is 14.7 Å². The number of rotatable bonds is 1. The van der Waals surface area contributed by atoms with Crippen LogP contribution >= 0.6 is 11.6 Å². The van der Waals surface area contributed by atoms with Crippen LogP contribution in [0.3, 0.4) is 0 Å².